The van der Waals surface area contributed by atoms with Crippen molar-refractivity contribution < 1.29 is 8.42 Å². The predicted molar refractivity (Wildman–Crippen MR) is 74.0 cm³/mol. The summed E-state index contributed by atoms with van der Waals surface area (Å²) < 4.78 is 28.6. The molecule has 0 atom stereocenters. The number of halogens is 1. The first-order valence-electron chi connectivity index (χ1n) is 5.50. The van der Waals surface area contributed by atoms with Crippen molar-refractivity contribution in [2.24, 2.45) is 7.05 Å². The van der Waals surface area contributed by atoms with E-state index in [0.29, 0.717) is 6.54 Å². The van der Waals surface area contributed by atoms with Crippen LogP contribution in [-0.4, -0.2) is 41.0 Å². The molecule has 9 heteroatoms. The molecule has 0 amide bonds. The Bertz CT molecular complexity index is 514. The lowest BCUT2D eigenvalue weighted by molar-refractivity contribution is 0.361. The van der Waals surface area contributed by atoms with Gasteiger partial charge < -0.3 is 0 Å². The van der Waals surface area contributed by atoms with E-state index in [1.165, 1.54) is 11.1 Å². The average Bonchev–Trinajstić information content (AvgIpc) is 2.58. The van der Waals surface area contributed by atoms with Crippen molar-refractivity contribution in [3.8, 4) is 0 Å². The average molecular weight is 355 g/mol. The van der Waals surface area contributed by atoms with Gasteiger partial charge in [0.2, 0.25) is 5.03 Å². The summed E-state index contributed by atoms with van der Waals surface area (Å²) in [7, 11) is -2.01. The molecular formula is C9H15BrN4O2S2. The topological polar surface area (TPSA) is 76.9 Å². The fourth-order valence-corrected chi connectivity index (χ4v) is 5.15. The van der Waals surface area contributed by atoms with Gasteiger partial charge in [-0.1, -0.05) is 11.6 Å². The lowest BCUT2D eigenvalue weighted by Crippen LogP contribution is -2.45. The number of nitrogens with zero attached hydrogens (tertiary/aromatic N) is 3. The van der Waals surface area contributed by atoms with E-state index in [1.807, 2.05) is 6.26 Å². The highest BCUT2D eigenvalue weighted by Crippen LogP contribution is 2.42. The van der Waals surface area contributed by atoms with Crippen LogP contribution >= 0.6 is 27.7 Å². The van der Waals surface area contributed by atoms with Gasteiger partial charge in [-0.2, -0.15) is 11.8 Å². The molecule has 1 N–H and O–H groups in total. The fraction of sp³-hybridized carbons (Fsp3) is 0.778. The SMILES string of the molecule is CSC1(CNS(=O)(=O)c2c(Br)nnn2C)CCC1. The molecule has 0 unspecified atom stereocenters. The van der Waals surface area contributed by atoms with Crippen LogP contribution in [0.2, 0.25) is 0 Å². The van der Waals surface area contributed by atoms with Crippen LogP contribution in [-0.2, 0) is 17.1 Å². The monoisotopic (exact) mass is 354 g/mol. The van der Waals surface area contributed by atoms with Gasteiger partial charge in [0, 0.05) is 18.3 Å². The summed E-state index contributed by atoms with van der Waals surface area (Å²) in [6.45, 7) is 0.453. The predicted octanol–water partition coefficient (Wildman–Crippen LogP) is 1.14. The van der Waals surface area contributed by atoms with Crippen LogP contribution in [0.3, 0.4) is 0 Å². The van der Waals surface area contributed by atoms with Crippen LogP contribution in [0, 0.1) is 0 Å². The summed E-state index contributed by atoms with van der Waals surface area (Å²) in [6.07, 6.45) is 5.30. The standard InChI is InChI=1S/C9H15BrN4O2S2/c1-14-8(7(10)12-13-14)18(15,16)11-6-9(17-2)4-3-5-9/h11H,3-6H2,1-2H3. The van der Waals surface area contributed by atoms with E-state index < -0.39 is 10.0 Å². The summed E-state index contributed by atoms with van der Waals surface area (Å²) >= 11 is 4.83. The quantitative estimate of drug-likeness (QED) is 0.857. The van der Waals surface area contributed by atoms with Crippen LogP contribution in [0.4, 0.5) is 0 Å². The van der Waals surface area contributed by atoms with Crippen molar-refractivity contribution in [3.63, 3.8) is 0 Å². The first kappa shape index (κ1) is 14.3. The number of sulfonamides is 1. The highest BCUT2D eigenvalue weighted by molar-refractivity contribution is 9.10. The second kappa shape index (κ2) is 5.10. The van der Waals surface area contributed by atoms with E-state index >= 15 is 0 Å². The minimum Gasteiger partial charge on any atom is -0.235 e. The van der Waals surface area contributed by atoms with Gasteiger partial charge in [-0.3, -0.25) is 0 Å². The highest BCUT2D eigenvalue weighted by Gasteiger charge is 2.37. The van der Waals surface area contributed by atoms with E-state index in [4.69, 9.17) is 0 Å². The van der Waals surface area contributed by atoms with Gasteiger partial charge in [-0.25, -0.2) is 17.8 Å². The maximum atomic E-state index is 12.2. The smallest absolute Gasteiger partial charge is 0.235 e. The molecule has 1 aliphatic rings. The zero-order chi connectivity index (χ0) is 13.4. The van der Waals surface area contributed by atoms with Gasteiger partial charge in [0.15, 0.2) is 4.60 Å². The van der Waals surface area contributed by atoms with Crippen LogP contribution in [0.5, 0.6) is 0 Å². The van der Waals surface area contributed by atoms with E-state index in [1.54, 1.807) is 18.8 Å². The third kappa shape index (κ3) is 2.59. The molecule has 1 aromatic rings. The number of hydrogen-bond donors (Lipinski definition) is 1. The van der Waals surface area contributed by atoms with Crippen LogP contribution in [0.1, 0.15) is 19.3 Å². The molecule has 1 saturated carbocycles. The number of aryl methyl sites for hydroxylation is 1. The van der Waals surface area contributed by atoms with Gasteiger partial charge in [-0.15, -0.1) is 5.10 Å². The Morgan fingerprint density at radius 3 is 2.61 bits per heavy atom. The Hall–Kier alpha value is -0.120. The number of aromatic nitrogens is 3. The summed E-state index contributed by atoms with van der Waals surface area (Å²) in [5, 5.41) is 7.43. The van der Waals surface area contributed by atoms with Crippen LogP contribution < -0.4 is 4.72 Å². The van der Waals surface area contributed by atoms with E-state index in [2.05, 4.69) is 31.0 Å². The zero-order valence-corrected chi connectivity index (χ0v) is 13.4. The molecule has 0 bridgehead atoms. The van der Waals surface area contributed by atoms with Crippen LogP contribution in [0.15, 0.2) is 9.63 Å². The molecule has 0 aromatic carbocycles. The van der Waals surface area contributed by atoms with E-state index in [9.17, 15) is 8.42 Å². The molecule has 0 aliphatic heterocycles. The highest BCUT2D eigenvalue weighted by atomic mass is 79.9. The van der Waals surface area contributed by atoms with Gasteiger partial charge in [0.1, 0.15) is 0 Å². The van der Waals surface area contributed by atoms with Gasteiger partial charge in [-0.05, 0) is 35.0 Å². The molecular weight excluding hydrogens is 340 g/mol. The first-order valence-corrected chi connectivity index (χ1v) is 9.00. The summed E-state index contributed by atoms with van der Waals surface area (Å²) in [6, 6.07) is 0. The Morgan fingerprint density at radius 1 is 1.56 bits per heavy atom. The minimum atomic E-state index is -3.57. The minimum absolute atomic E-state index is 0.0611. The Morgan fingerprint density at radius 2 is 2.22 bits per heavy atom. The second-order valence-electron chi connectivity index (χ2n) is 4.37. The largest absolute Gasteiger partial charge is 0.260 e. The molecule has 0 radical (unpaired) electrons. The number of nitrogens with one attached hydrogen (secondary N) is 1. The number of thioether (sulfide) groups is 1. The molecule has 1 aliphatic carbocycles. The summed E-state index contributed by atoms with van der Waals surface area (Å²) in [4.78, 5) is 0. The molecule has 18 heavy (non-hydrogen) atoms. The van der Waals surface area contributed by atoms with E-state index in [0.717, 1.165) is 12.8 Å². The van der Waals surface area contributed by atoms with Crippen molar-refractivity contribution in [3.05, 3.63) is 4.60 Å². The van der Waals surface area contributed by atoms with Gasteiger partial charge >= 0.3 is 0 Å². The van der Waals surface area contributed by atoms with Gasteiger partial charge in [0.05, 0.1) is 0 Å². The summed E-state index contributed by atoms with van der Waals surface area (Å²) in [5.41, 5.74) is 0. The van der Waals surface area contributed by atoms with Gasteiger partial charge in [0.25, 0.3) is 10.0 Å². The third-order valence-corrected chi connectivity index (χ3v) is 6.98. The fourth-order valence-electron chi connectivity index (χ4n) is 1.93. The maximum Gasteiger partial charge on any atom is 0.260 e. The van der Waals surface area contributed by atoms with Crippen molar-refractivity contribution in [1.82, 2.24) is 19.7 Å². The molecule has 1 heterocycles. The first-order chi connectivity index (χ1) is 8.40. The van der Waals surface area contributed by atoms with E-state index in [-0.39, 0.29) is 14.4 Å². The molecule has 1 aromatic heterocycles. The normalized spacial score (nSPS) is 18.6. The molecule has 0 spiro atoms. The zero-order valence-electron chi connectivity index (χ0n) is 10.2. The lowest BCUT2D eigenvalue weighted by atomic mass is 9.84. The molecule has 2 rings (SSSR count). The van der Waals surface area contributed by atoms with Crippen molar-refractivity contribution in [1.29, 1.82) is 0 Å². The Labute approximate surface area is 119 Å². The number of rotatable bonds is 5. The van der Waals surface area contributed by atoms with Crippen molar-refractivity contribution in [2.75, 3.05) is 12.8 Å². The third-order valence-electron chi connectivity index (χ3n) is 3.27. The Balaban J connectivity index is 2.13. The van der Waals surface area contributed by atoms with Crippen molar-refractivity contribution >= 4 is 37.7 Å². The number of hydrogen-bond acceptors (Lipinski definition) is 5. The second-order valence-corrected chi connectivity index (χ2v) is 8.08. The summed E-state index contributed by atoms with van der Waals surface area (Å²) in [5.74, 6) is 0. The molecule has 102 valence electrons. The Kier molecular flexibility index (Phi) is 4.05. The van der Waals surface area contributed by atoms with Crippen LogP contribution in [0.25, 0.3) is 0 Å². The lowest BCUT2D eigenvalue weighted by Gasteiger charge is -2.40. The van der Waals surface area contributed by atoms with Crippen molar-refractivity contribution in [2.45, 2.75) is 29.0 Å². The molecule has 6 nitrogen and oxygen atoms in total. The molecule has 0 saturated heterocycles. The molecule has 1 fully saturated rings. The maximum absolute atomic E-state index is 12.2.